The number of carbonyl (C=O) groups is 1. The molecule has 7 nitrogen and oxygen atoms in total. The molecule has 1 unspecified atom stereocenters. The zero-order valence-corrected chi connectivity index (χ0v) is 13.1. The number of nitrogens with zero attached hydrogens (tertiary/aromatic N) is 1. The van der Waals surface area contributed by atoms with Gasteiger partial charge in [-0.3, -0.25) is 15.1 Å². The van der Waals surface area contributed by atoms with Crippen molar-refractivity contribution in [2.75, 3.05) is 34.0 Å². The van der Waals surface area contributed by atoms with E-state index in [1.807, 2.05) is 6.92 Å². The van der Waals surface area contributed by atoms with Gasteiger partial charge in [0.25, 0.3) is 0 Å². The van der Waals surface area contributed by atoms with Crippen LogP contribution in [0.3, 0.4) is 0 Å². The lowest BCUT2D eigenvalue weighted by Crippen LogP contribution is -2.38. The van der Waals surface area contributed by atoms with Crippen molar-refractivity contribution in [2.45, 2.75) is 26.4 Å². The molecule has 1 aromatic rings. The predicted molar refractivity (Wildman–Crippen MR) is 78.7 cm³/mol. The van der Waals surface area contributed by atoms with E-state index < -0.39 is 5.91 Å². The largest absolute Gasteiger partial charge is 0.456 e. The topological polar surface area (TPSA) is 90.0 Å². The van der Waals surface area contributed by atoms with E-state index in [1.165, 1.54) is 0 Å². The number of methoxy groups -OCH3 is 2. The molecule has 1 rings (SSSR count). The number of carbonyl (C=O) groups excluding carboxylic acids is 1. The summed E-state index contributed by atoms with van der Waals surface area (Å²) >= 11 is 0. The van der Waals surface area contributed by atoms with Gasteiger partial charge in [0, 0.05) is 38.9 Å². The van der Waals surface area contributed by atoms with Crippen LogP contribution in [0.2, 0.25) is 0 Å². The minimum absolute atomic E-state index is 0.219. The van der Waals surface area contributed by atoms with Crippen molar-refractivity contribution in [3.8, 4) is 0 Å². The van der Waals surface area contributed by atoms with Gasteiger partial charge in [-0.15, -0.1) is 0 Å². The Morgan fingerprint density at radius 3 is 2.76 bits per heavy atom. The number of aryl methyl sites for hydroxylation is 1. The van der Waals surface area contributed by atoms with Gasteiger partial charge in [-0.2, -0.15) is 0 Å². The van der Waals surface area contributed by atoms with Crippen molar-refractivity contribution in [3.05, 3.63) is 23.2 Å². The highest BCUT2D eigenvalue weighted by atomic mass is 16.5. The molecule has 0 fully saturated rings. The van der Waals surface area contributed by atoms with Gasteiger partial charge in [0.2, 0.25) is 0 Å². The predicted octanol–water partition coefficient (Wildman–Crippen LogP) is 0.675. The fourth-order valence-corrected chi connectivity index (χ4v) is 2.09. The van der Waals surface area contributed by atoms with Crippen molar-refractivity contribution in [1.82, 2.24) is 10.3 Å². The number of hydrazine groups is 1. The van der Waals surface area contributed by atoms with Gasteiger partial charge >= 0.3 is 5.91 Å². The molecule has 0 saturated heterocycles. The first-order chi connectivity index (χ1) is 10.0. The van der Waals surface area contributed by atoms with E-state index in [9.17, 15) is 4.79 Å². The molecule has 0 aliphatic heterocycles. The number of rotatable bonds is 9. The first-order valence-corrected chi connectivity index (χ1v) is 6.85. The van der Waals surface area contributed by atoms with Crippen LogP contribution in [0.1, 0.15) is 28.8 Å². The van der Waals surface area contributed by atoms with E-state index in [4.69, 9.17) is 19.7 Å². The minimum Gasteiger partial charge on any atom is -0.456 e. The number of nitrogen functional groups attached to an aromatic ring is 1. The lowest BCUT2D eigenvalue weighted by molar-refractivity contribution is 0.0702. The summed E-state index contributed by atoms with van der Waals surface area (Å²) in [5.74, 6) is 5.61. The van der Waals surface area contributed by atoms with E-state index in [1.54, 1.807) is 20.3 Å². The molecule has 0 aromatic carbocycles. The molecule has 21 heavy (non-hydrogen) atoms. The van der Waals surface area contributed by atoms with Gasteiger partial charge in [-0.1, -0.05) is 0 Å². The molecule has 0 saturated carbocycles. The number of hydrogen-bond donors (Lipinski definition) is 2. The van der Waals surface area contributed by atoms with Crippen LogP contribution in [0.15, 0.2) is 10.5 Å². The van der Waals surface area contributed by atoms with E-state index in [2.05, 4.69) is 17.2 Å². The fourth-order valence-electron chi connectivity index (χ4n) is 2.09. The summed E-state index contributed by atoms with van der Waals surface area (Å²) in [6, 6.07) is 1.95. The Morgan fingerprint density at radius 1 is 1.48 bits per heavy atom. The highest BCUT2D eigenvalue weighted by Crippen LogP contribution is 2.18. The van der Waals surface area contributed by atoms with Gasteiger partial charge in [0.05, 0.1) is 13.2 Å². The van der Waals surface area contributed by atoms with Crippen LogP contribution in [0.25, 0.3) is 0 Å². The summed E-state index contributed by atoms with van der Waals surface area (Å²) in [6.45, 7) is 6.59. The SMILES string of the molecule is COCCN(Cc1cc(C(=O)NN)oc1C)C(C)COC. The second-order valence-corrected chi connectivity index (χ2v) is 4.93. The molecular weight excluding hydrogens is 274 g/mol. The van der Waals surface area contributed by atoms with E-state index in [-0.39, 0.29) is 11.8 Å². The maximum absolute atomic E-state index is 11.5. The summed E-state index contributed by atoms with van der Waals surface area (Å²) < 4.78 is 15.8. The third kappa shape index (κ3) is 5.13. The van der Waals surface area contributed by atoms with Crippen molar-refractivity contribution >= 4 is 5.91 Å². The lowest BCUT2D eigenvalue weighted by Gasteiger charge is -2.28. The summed E-state index contributed by atoms with van der Waals surface area (Å²) in [5.41, 5.74) is 3.02. The lowest BCUT2D eigenvalue weighted by atomic mass is 10.2. The molecule has 0 aliphatic carbocycles. The average molecular weight is 299 g/mol. The maximum atomic E-state index is 11.5. The number of ether oxygens (including phenoxy) is 2. The van der Waals surface area contributed by atoms with Crippen LogP contribution in [-0.4, -0.2) is 50.8 Å². The molecule has 3 N–H and O–H groups in total. The summed E-state index contributed by atoms with van der Waals surface area (Å²) in [6.07, 6.45) is 0. The molecule has 120 valence electrons. The van der Waals surface area contributed by atoms with Crippen LogP contribution in [0.5, 0.6) is 0 Å². The Hall–Kier alpha value is -1.41. The van der Waals surface area contributed by atoms with Crippen LogP contribution < -0.4 is 11.3 Å². The summed E-state index contributed by atoms with van der Waals surface area (Å²) in [4.78, 5) is 13.7. The quantitative estimate of drug-likeness (QED) is 0.396. The van der Waals surface area contributed by atoms with Crippen molar-refractivity contribution in [2.24, 2.45) is 5.84 Å². The van der Waals surface area contributed by atoms with E-state index in [0.717, 1.165) is 12.1 Å². The molecule has 7 heteroatoms. The molecule has 0 bridgehead atoms. The zero-order chi connectivity index (χ0) is 15.8. The Balaban J connectivity index is 2.82. The molecule has 1 atom stereocenters. The normalized spacial score (nSPS) is 12.7. The third-order valence-corrected chi connectivity index (χ3v) is 3.36. The van der Waals surface area contributed by atoms with Crippen LogP contribution in [0.4, 0.5) is 0 Å². The van der Waals surface area contributed by atoms with Crippen LogP contribution in [-0.2, 0) is 16.0 Å². The standard InChI is InChI=1S/C14H25N3O4/c1-10(9-20-4)17(5-6-19-3)8-12-7-13(14(18)16-15)21-11(12)2/h7,10H,5-6,8-9,15H2,1-4H3,(H,16,18). The second kappa shape index (κ2) is 8.78. The van der Waals surface area contributed by atoms with Gasteiger partial charge in [-0.25, -0.2) is 5.84 Å². The van der Waals surface area contributed by atoms with Crippen LogP contribution in [0, 0.1) is 6.92 Å². The number of nitrogens with two attached hydrogens (primary N) is 1. The molecule has 0 spiro atoms. The average Bonchev–Trinajstić information content (AvgIpc) is 2.83. The first kappa shape index (κ1) is 17.6. The zero-order valence-electron chi connectivity index (χ0n) is 13.1. The molecule has 1 amide bonds. The first-order valence-electron chi connectivity index (χ1n) is 6.85. The minimum atomic E-state index is -0.433. The highest BCUT2D eigenvalue weighted by Gasteiger charge is 2.19. The van der Waals surface area contributed by atoms with Crippen molar-refractivity contribution < 1.29 is 18.7 Å². The smallest absolute Gasteiger partial charge is 0.300 e. The molecular formula is C14H25N3O4. The van der Waals surface area contributed by atoms with Gasteiger partial charge in [0.15, 0.2) is 5.76 Å². The van der Waals surface area contributed by atoms with Crippen molar-refractivity contribution in [3.63, 3.8) is 0 Å². The molecule has 1 aromatic heterocycles. The number of nitrogens with one attached hydrogen (secondary N) is 1. The summed E-state index contributed by atoms with van der Waals surface area (Å²) in [7, 11) is 3.35. The van der Waals surface area contributed by atoms with Crippen LogP contribution >= 0.6 is 0 Å². The second-order valence-electron chi connectivity index (χ2n) is 4.93. The van der Waals surface area contributed by atoms with E-state index >= 15 is 0 Å². The Kier molecular flexibility index (Phi) is 7.38. The van der Waals surface area contributed by atoms with Gasteiger partial charge < -0.3 is 13.9 Å². The van der Waals surface area contributed by atoms with Crippen molar-refractivity contribution in [1.29, 1.82) is 0 Å². The molecule has 1 heterocycles. The van der Waals surface area contributed by atoms with Gasteiger partial charge in [-0.05, 0) is 19.9 Å². The Morgan fingerprint density at radius 2 is 2.19 bits per heavy atom. The monoisotopic (exact) mass is 299 g/mol. The third-order valence-electron chi connectivity index (χ3n) is 3.36. The fraction of sp³-hybridized carbons (Fsp3) is 0.643. The molecule has 0 radical (unpaired) electrons. The summed E-state index contributed by atoms with van der Waals surface area (Å²) in [5, 5.41) is 0. The Labute approximate surface area is 125 Å². The van der Waals surface area contributed by atoms with Gasteiger partial charge in [0.1, 0.15) is 5.76 Å². The number of furan rings is 1. The van der Waals surface area contributed by atoms with E-state index in [0.29, 0.717) is 25.5 Å². The molecule has 0 aliphatic rings. The number of hydrogen-bond acceptors (Lipinski definition) is 6. The number of amides is 1. The highest BCUT2D eigenvalue weighted by molar-refractivity contribution is 5.91. The Bertz CT molecular complexity index is 447. The maximum Gasteiger partial charge on any atom is 0.300 e.